The highest BCUT2D eigenvalue weighted by molar-refractivity contribution is 5.93. The van der Waals surface area contributed by atoms with Crippen LogP contribution in [-0.4, -0.2) is 37.0 Å². The Morgan fingerprint density at radius 3 is 2.61 bits per heavy atom. The lowest BCUT2D eigenvalue weighted by Crippen LogP contribution is -2.68. The Kier molecular flexibility index (Phi) is 2.50. The van der Waals surface area contributed by atoms with Gasteiger partial charge in [0.05, 0.1) is 11.5 Å². The van der Waals surface area contributed by atoms with Crippen molar-refractivity contribution in [1.82, 2.24) is 0 Å². The van der Waals surface area contributed by atoms with E-state index in [9.17, 15) is 9.90 Å². The third-order valence-electron chi connectivity index (χ3n) is 5.31. The summed E-state index contributed by atoms with van der Waals surface area (Å²) in [6.07, 6.45) is 5.04. The van der Waals surface area contributed by atoms with Crippen LogP contribution in [0.5, 0.6) is 0 Å². The molecule has 4 aliphatic carbocycles. The van der Waals surface area contributed by atoms with Gasteiger partial charge in [-0.2, -0.15) is 0 Å². The molecule has 0 heterocycles. The molecule has 0 aromatic rings. The lowest BCUT2D eigenvalue weighted by Gasteiger charge is -2.56. The van der Waals surface area contributed by atoms with E-state index in [1.54, 1.807) is 0 Å². The van der Waals surface area contributed by atoms with Crippen molar-refractivity contribution in [3.8, 4) is 0 Å². The number of hydrogen-bond donors (Lipinski definition) is 1. The second kappa shape index (κ2) is 3.65. The van der Waals surface area contributed by atoms with Gasteiger partial charge in [0.25, 0.3) is 0 Å². The van der Waals surface area contributed by atoms with Crippen LogP contribution in [0.25, 0.3) is 0 Å². The first-order valence-corrected chi connectivity index (χ1v) is 6.55. The molecule has 0 aromatic carbocycles. The van der Waals surface area contributed by atoms with E-state index in [-0.39, 0.29) is 23.5 Å². The van der Waals surface area contributed by atoms with Gasteiger partial charge in [0.2, 0.25) is 5.79 Å². The van der Waals surface area contributed by atoms with Crippen LogP contribution in [0.15, 0.2) is 12.2 Å². The molecular weight excluding hydrogens is 232 g/mol. The molecule has 0 aliphatic heterocycles. The molecule has 1 spiro atoms. The average Bonchev–Trinajstić information content (AvgIpc) is 2.64. The molecule has 0 amide bonds. The van der Waals surface area contributed by atoms with Crippen molar-refractivity contribution in [2.75, 3.05) is 14.2 Å². The SMILES string of the molecule is COC1(OC)C(=O)[C@H]2C=C[C@]13C(C[C@@H](C)[C@H]3O)C2. The van der Waals surface area contributed by atoms with Gasteiger partial charge < -0.3 is 14.6 Å². The number of carbonyl (C=O) groups excluding carboxylic acids is 1. The van der Waals surface area contributed by atoms with E-state index in [0.717, 1.165) is 12.8 Å². The number of hydrogen-bond acceptors (Lipinski definition) is 4. The van der Waals surface area contributed by atoms with Gasteiger partial charge in [0, 0.05) is 20.1 Å². The van der Waals surface area contributed by atoms with Gasteiger partial charge in [-0.1, -0.05) is 19.1 Å². The summed E-state index contributed by atoms with van der Waals surface area (Å²) in [5.41, 5.74) is -0.707. The number of rotatable bonds is 2. The number of fused-ring (bicyclic) bond motifs is 1. The molecule has 1 unspecified atom stereocenters. The maximum absolute atomic E-state index is 12.5. The van der Waals surface area contributed by atoms with Crippen LogP contribution in [0.2, 0.25) is 0 Å². The third-order valence-corrected chi connectivity index (χ3v) is 5.31. The van der Waals surface area contributed by atoms with Crippen LogP contribution < -0.4 is 0 Å². The number of aliphatic hydroxyl groups is 1. The number of allylic oxidation sites excluding steroid dienone is 1. The second-order valence-electron chi connectivity index (χ2n) is 5.88. The molecule has 4 heteroatoms. The van der Waals surface area contributed by atoms with Gasteiger partial charge >= 0.3 is 0 Å². The van der Waals surface area contributed by atoms with Crippen LogP contribution in [0.3, 0.4) is 0 Å². The quantitative estimate of drug-likeness (QED) is 0.591. The third kappa shape index (κ3) is 1.06. The molecule has 0 aromatic heterocycles. The van der Waals surface area contributed by atoms with E-state index in [1.807, 2.05) is 19.1 Å². The maximum atomic E-state index is 12.5. The molecule has 100 valence electrons. The van der Waals surface area contributed by atoms with Crippen molar-refractivity contribution in [2.45, 2.75) is 31.7 Å². The van der Waals surface area contributed by atoms with Crippen molar-refractivity contribution in [3.63, 3.8) is 0 Å². The Morgan fingerprint density at radius 2 is 2.00 bits per heavy atom. The van der Waals surface area contributed by atoms with Crippen molar-refractivity contribution >= 4 is 5.78 Å². The van der Waals surface area contributed by atoms with Crippen LogP contribution in [-0.2, 0) is 14.3 Å². The fourth-order valence-electron chi connectivity index (χ4n) is 4.53. The number of aliphatic hydroxyl groups excluding tert-OH is 1. The first-order chi connectivity index (χ1) is 8.53. The smallest absolute Gasteiger partial charge is 0.241 e. The van der Waals surface area contributed by atoms with Crippen LogP contribution in [0.1, 0.15) is 19.8 Å². The van der Waals surface area contributed by atoms with Gasteiger partial charge in [-0.25, -0.2) is 0 Å². The summed E-state index contributed by atoms with van der Waals surface area (Å²) in [4.78, 5) is 12.5. The molecule has 2 bridgehead atoms. The first-order valence-electron chi connectivity index (χ1n) is 6.55. The largest absolute Gasteiger partial charge is 0.392 e. The van der Waals surface area contributed by atoms with E-state index >= 15 is 0 Å². The lowest BCUT2D eigenvalue weighted by atomic mass is 9.55. The summed E-state index contributed by atoms with van der Waals surface area (Å²) in [5.74, 6) is -1.06. The van der Waals surface area contributed by atoms with Gasteiger partial charge in [-0.15, -0.1) is 0 Å². The molecule has 0 radical (unpaired) electrons. The topological polar surface area (TPSA) is 55.8 Å². The van der Waals surface area contributed by atoms with E-state index in [2.05, 4.69) is 0 Å². The van der Waals surface area contributed by atoms with Crippen LogP contribution in [0.4, 0.5) is 0 Å². The molecule has 2 saturated carbocycles. The highest BCUT2D eigenvalue weighted by Crippen LogP contribution is 2.63. The van der Waals surface area contributed by atoms with Gasteiger partial charge in [0.1, 0.15) is 0 Å². The first kappa shape index (κ1) is 12.3. The molecule has 4 aliphatic rings. The standard InChI is InChI=1S/C14H20O4/c1-8-6-10-7-9-4-5-13(10,11(8)15)14(17-2,18-3)12(9)16/h4-5,8-11,15H,6-7H2,1-3H3/t8-,9+,10?,11-,13-/m1/s1. The van der Waals surface area contributed by atoms with Gasteiger partial charge in [0.15, 0.2) is 5.78 Å². The Morgan fingerprint density at radius 1 is 1.33 bits per heavy atom. The van der Waals surface area contributed by atoms with E-state index in [0.29, 0.717) is 0 Å². The molecule has 0 saturated heterocycles. The number of ketones is 1. The lowest BCUT2D eigenvalue weighted by molar-refractivity contribution is -0.285. The number of carbonyl (C=O) groups is 1. The average molecular weight is 252 g/mol. The van der Waals surface area contributed by atoms with Crippen molar-refractivity contribution < 1.29 is 19.4 Å². The molecule has 2 fully saturated rings. The minimum absolute atomic E-state index is 0.0422. The van der Waals surface area contributed by atoms with E-state index in [4.69, 9.17) is 9.47 Å². The zero-order chi connectivity index (χ0) is 13.1. The normalized spacial score (nSPS) is 48.6. The summed E-state index contributed by atoms with van der Waals surface area (Å²) in [7, 11) is 2.99. The highest BCUT2D eigenvalue weighted by Gasteiger charge is 2.72. The van der Waals surface area contributed by atoms with Crippen LogP contribution >= 0.6 is 0 Å². The van der Waals surface area contributed by atoms with Crippen LogP contribution in [0, 0.1) is 23.2 Å². The molecule has 5 atom stereocenters. The summed E-state index contributed by atoms with van der Waals surface area (Å²) < 4.78 is 11.0. The predicted molar refractivity (Wildman–Crippen MR) is 64.7 cm³/mol. The van der Waals surface area contributed by atoms with Crippen molar-refractivity contribution in [3.05, 3.63) is 12.2 Å². The summed E-state index contributed by atoms with van der Waals surface area (Å²) in [5, 5.41) is 10.6. The maximum Gasteiger partial charge on any atom is 0.241 e. The Bertz CT molecular complexity index is 412. The molecule has 1 N–H and O–H groups in total. The minimum Gasteiger partial charge on any atom is -0.392 e. The minimum atomic E-state index is -1.31. The highest BCUT2D eigenvalue weighted by atomic mass is 16.7. The second-order valence-corrected chi connectivity index (χ2v) is 5.88. The number of Topliss-reactive ketones (excluding diaryl/α,β-unsaturated/α-hetero) is 1. The number of methoxy groups -OCH3 is 2. The molecule has 18 heavy (non-hydrogen) atoms. The van der Waals surface area contributed by atoms with E-state index < -0.39 is 17.3 Å². The van der Waals surface area contributed by atoms with Gasteiger partial charge in [-0.3, -0.25) is 4.79 Å². The van der Waals surface area contributed by atoms with Gasteiger partial charge in [-0.05, 0) is 24.7 Å². The predicted octanol–water partition coefficient (Wildman–Crippen LogP) is 1.14. The zero-order valence-corrected chi connectivity index (χ0v) is 11.1. The summed E-state index contributed by atoms with van der Waals surface area (Å²) >= 11 is 0. The molecule has 4 nitrogen and oxygen atoms in total. The molecule has 4 rings (SSSR count). The van der Waals surface area contributed by atoms with E-state index in [1.165, 1.54) is 14.2 Å². The Hall–Kier alpha value is -0.710. The van der Waals surface area contributed by atoms with Crippen molar-refractivity contribution in [2.24, 2.45) is 23.2 Å². The summed E-state index contributed by atoms with van der Waals surface area (Å²) in [6.45, 7) is 2.03. The zero-order valence-electron chi connectivity index (χ0n) is 11.1. The monoisotopic (exact) mass is 252 g/mol. The van der Waals surface area contributed by atoms with Crippen molar-refractivity contribution in [1.29, 1.82) is 0 Å². The fourth-order valence-corrected chi connectivity index (χ4v) is 4.53. The fraction of sp³-hybridized carbons (Fsp3) is 0.786. The molecular formula is C14H20O4. The number of ether oxygens (including phenoxy) is 2. The summed E-state index contributed by atoms with van der Waals surface area (Å²) in [6, 6.07) is 0. The Balaban J connectivity index is 2.21. The Labute approximate surface area is 107 Å².